The van der Waals surface area contributed by atoms with Gasteiger partial charge in [-0.05, 0) is 77.9 Å². The summed E-state index contributed by atoms with van der Waals surface area (Å²) in [4.78, 5) is 12.4. The van der Waals surface area contributed by atoms with Crippen LogP contribution in [-0.2, 0) is 26.4 Å². The van der Waals surface area contributed by atoms with Gasteiger partial charge in [0.05, 0.1) is 45.7 Å². The molecule has 0 bridgehead atoms. The van der Waals surface area contributed by atoms with E-state index in [0.717, 1.165) is 46.6 Å². The lowest BCUT2D eigenvalue weighted by atomic mass is 9.80. The molecule has 0 aliphatic heterocycles. The van der Waals surface area contributed by atoms with Crippen LogP contribution in [-0.4, -0.2) is 39.5 Å². The van der Waals surface area contributed by atoms with Crippen molar-refractivity contribution in [2.45, 2.75) is 37.6 Å². The molecule has 5 aromatic rings. The van der Waals surface area contributed by atoms with Crippen LogP contribution in [0.4, 0.5) is 0 Å². The number of esters is 1. The fourth-order valence-corrected chi connectivity index (χ4v) is 5.59. The Hall–Kier alpha value is -4.91. The lowest BCUT2D eigenvalue weighted by molar-refractivity contribution is -0.0733. The molecule has 1 atom stereocenters. The smallest absolute Gasteiger partial charge is 0.338 e. The van der Waals surface area contributed by atoms with Crippen molar-refractivity contribution in [3.63, 3.8) is 0 Å². The molecule has 0 aliphatic carbocycles. The predicted octanol–water partition coefficient (Wildman–Crippen LogP) is 8.63. The van der Waals surface area contributed by atoms with Crippen LogP contribution >= 0.6 is 0 Å². The number of benzene rings is 5. The maximum Gasteiger partial charge on any atom is 0.338 e. The van der Waals surface area contributed by atoms with E-state index >= 15 is 0 Å². The van der Waals surface area contributed by atoms with Crippen LogP contribution in [0.25, 0.3) is 0 Å². The largest absolute Gasteiger partial charge is 0.497 e. The molecule has 0 saturated heterocycles. The molecule has 0 heterocycles. The standard InChI is InChI=1S/C41H42O6/c1-43-37-25-21-35(22-26-37)41(34-18-10-5-11-19-34,36-23-27-38(44-2)28-24-36)47-31-39(46-30-32-14-6-3-7-15-32)20-12-13-29-45-40(42)33-16-8-4-9-17-33/h3-11,14-19,21-28,39H,12-13,20,29-31H2,1-2H3. The van der Waals surface area contributed by atoms with Crippen molar-refractivity contribution in [1.82, 2.24) is 0 Å². The number of carbonyl (C=O) groups excluding carboxylic acids is 1. The topological polar surface area (TPSA) is 63.2 Å². The number of ether oxygens (including phenoxy) is 5. The van der Waals surface area contributed by atoms with E-state index in [0.29, 0.717) is 31.8 Å². The number of hydrogen-bond acceptors (Lipinski definition) is 6. The molecule has 0 N–H and O–H groups in total. The second kappa shape index (κ2) is 17.1. The van der Waals surface area contributed by atoms with Gasteiger partial charge in [0.25, 0.3) is 0 Å². The molecule has 0 fully saturated rings. The van der Waals surface area contributed by atoms with Gasteiger partial charge in [-0.2, -0.15) is 0 Å². The number of unbranched alkanes of at least 4 members (excludes halogenated alkanes) is 1. The highest BCUT2D eigenvalue weighted by Crippen LogP contribution is 2.42. The zero-order valence-electron chi connectivity index (χ0n) is 27.0. The Morgan fingerprint density at radius 3 is 1.68 bits per heavy atom. The number of rotatable bonds is 17. The molecular weight excluding hydrogens is 588 g/mol. The van der Waals surface area contributed by atoms with Gasteiger partial charge in [0.15, 0.2) is 0 Å². The van der Waals surface area contributed by atoms with Crippen LogP contribution in [0.2, 0.25) is 0 Å². The zero-order valence-corrected chi connectivity index (χ0v) is 27.0. The van der Waals surface area contributed by atoms with E-state index in [-0.39, 0.29) is 12.1 Å². The minimum atomic E-state index is -0.945. The van der Waals surface area contributed by atoms with Crippen LogP contribution in [0.5, 0.6) is 11.5 Å². The SMILES string of the molecule is COc1ccc(C(OCC(CCCCOC(=O)c2ccccc2)OCc2ccccc2)(c2ccccc2)c2ccc(OC)cc2)cc1. The Bertz CT molecular complexity index is 1570. The Balaban J connectivity index is 1.39. The monoisotopic (exact) mass is 630 g/mol. The van der Waals surface area contributed by atoms with E-state index in [2.05, 4.69) is 48.5 Å². The minimum absolute atomic E-state index is 0.223. The van der Waals surface area contributed by atoms with Crippen LogP contribution < -0.4 is 9.47 Å². The summed E-state index contributed by atoms with van der Waals surface area (Å²) in [5.74, 6) is 1.22. The van der Waals surface area contributed by atoms with Crippen LogP contribution in [0, 0.1) is 0 Å². The van der Waals surface area contributed by atoms with Gasteiger partial charge in [0.1, 0.15) is 17.1 Å². The lowest BCUT2D eigenvalue weighted by Gasteiger charge is -2.37. The van der Waals surface area contributed by atoms with Crippen LogP contribution in [0.15, 0.2) is 140 Å². The first-order valence-corrected chi connectivity index (χ1v) is 16.0. The molecule has 5 rings (SSSR count). The molecule has 1 unspecified atom stereocenters. The highest BCUT2D eigenvalue weighted by molar-refractivity contribution is 5.89. The molecule has 0 aromatic heterocycles. The van der Waals surface area contributed by atoms with E-state index in [1.807, 2.05) is 78.9 Å². The van der Waals surface area contributed by atoms with E-state index < -0.39 is 5.60 Å². The molecule has 0 saturated carbocycles. The van der Waals surface area contributed by atoms with Crippen LogP contribution in [0.1, 0.15) is 51.9 Å². The molecule has 6 heteroatoms. The molecule has 0 aliphatic rings. The molecule has 0 radical (unpaired) electrons. The van der Waals surface area contributed by atoms with Gasteiger partial charge >= 0.3 is 5.97 Å². The summed E-state index contributed by atoms with van der Waals surface area (Å²) in [6.07, 6.45) is 2.02. The van der Waals surface area contributed by atoms with E-state index in [9.17, 15) is 4.79 Å². The predicted molar refractivity (Wildman–Crippen MR) is 184 cm³/mol. The maximum absolute atomic E-state index is 12.4. The maximum atomic E-state index is 12.4. The Morgan fingerprint density at radius 2 is 1.13 bits per heavy atom. The fraction of sp³-hybridized carbons (Fsp3) is 0.244. The summed E-state index contributed by atoms with van der Waals surface area (Å²) in [7, 11) is 3.33. The first-order valence-electron chi connectivity index (χ1n) is 16.0. The van der Waals surface area contributed by atoms with Gasteiger partial charge in [-0.1, -0.05) is 103 Å². The van der Waals surface area contributed by atoms with Gasteiger partial charge in [-0.3, -0.25) is 0 Å². The van der Waals surface area contributed by atoms with Crippen molar-refractivity contribution in [3.8, 4) is 11.5 Å². The van der Waals surface area contributed by atoms with Gasteiger partial charge in [0.2, 0.25) is 0 Å². The highest BCUT2D eigenvalue weighted by atomic mass is 16.5. The summed E-state index contributed by atoms with van der Waals surface area (Å²) in [6.45, 7) is 1.12. The molecular formula is C41H42O6. The van der Waals surface area contributed by atoms with Crippen molar-refractivity contribution in [2.75, 3.05) is 27.4 Å². The zero-order chi connectivity index (χ0) is 32.7. The quantitative estimate of drug-likeness (QED) is 0.0582. The molecule has 5 aromatic carbocycles. The number of methoxy groups -OCH3 is 2. The third-order valence-corrected chi connectivity index (χ3v) is 8.15. The number of hydrogen-bond donors (Lipinski definition) is 0. The molecule has 0 spiro atoms. The summed E-state index contributed by atoms with van der Waals surface area (Å²) >= 11 is 0. The van der Waals surface area contributed by atoms with Crippen molar-refractivity contribution in [1.29, 1.82) is 0 Å². The molecule has 0 amide bonds. The third-order valence-electron chi connectivity index (χ3n) is 8.15. The molecule has 6 nitrogen and oxygen atoms in total. The van der Waals surface area contributed by atoms with Crippen molar-refractivity contribution >= 4 is 5.97 Å². The molecule has 242 valence electrons. The van der Waals surface area contributed by atoms with E-state index in [4.69, 9.17) is 23.7 Å². The fourth-order valence-electron chi connectivity index (χ4n) is 5.59. The lowest BCUT2D eigenvalue weighted by Crippen LogP contribution is -2.36. The summed E-state index contributed by atoms with van der Waals surface area (Å²) in [6, 6.07) is 45.5. The molecule has 47 heavy (non-hydrogen) atoms. The van der Waals surface area contributed by atoms with Crippen LogP contribution in [0.3, 0.4) is 0 Å². The van der Waals surface area contributed by atoms with Crippen molar-refractivity contribution in [3.05, 3.63) is 167 Å². The van der Waals surface area contributed by atoms with Gasteiger partial charge in [-0.15, -0.1) is 0 Å². The normalized spacial score (nSPS) is 11.9. The average molecular weight is 631 g/mol. The number of carbonyl (C=O) groups is 1. The Morgan fingerprint density at radius 1 is 0.617 bits per heavy atom. The first kappa shape index (κ1) is 33.5. The first-order chi connectivity index (χ1) is 23.1. The summed E-state index contributed by atoms with van der Waals surface area (Å²) in [5, 5.41) is 0. The van der Waals surface area contributed by atoms with Gasteiger partial charge < -0.3 is 23.7 Å². The van der Waals surface area contributed by atoms with E-state index in [1.54, 1.807) is 26.4 Å². The summed E-state index contributed by atoms with van der Waals surface area (Å²) in [5.41, 5.74) is 3.62. The summed E-state index contributed by atoms with van der Waals surface area (Å²) < 4.78 is 30.2. The second-order valence-corrected chi connectivity index (χ2v) is 11.2. The van der Waals surface area contributed by atoms with Crippen molar-refractivity contribution in [2.24, 2.45) is 0 Å². The Labute approximate surface area is 277 Å². The second-order valence-electron chi connectivity index (χ2n) is 11.2. The average Bonchev–Trinajstić information content (AvgIpc) is 3.15. The third kappa shape index (κ3) is 8.88. The van der Waals surface area contributed by atoms with E-state index in [1.165, 1.54) is 0 Å². The Kier molecular flexibility index (Phi) is 12.2. The van der Waals surface area contributed by atoms with Gasteiger partial charge in [0, 0.05) is 0 Å². The highest BCUT2D eigenvalue weighted by Gasteiger charge is 2.38. The van der Waals surface area contributed by atoms with Crippen molar-refractivity contribution < 1.29 is 28.5 Å². The van der Waals surface area contributed by atoms with Gasteiger partial charge in [-0.25, -0.2) is 4.79 Å². The minimum Gasteiger partial charge on any atom is -0.497 e.